The van der Waals surface area contributed by atoms with Gasteiger partial charge in [0.15, 0.2) is 0 Å². The van der Waals surface area contributed by atoms with Gasteiger partial charge in [-0.2, -0.15) is 10.2 Å². The summed E-state index contributed by atoms with van der Waals surface area (Å²) in [7, 11) is 0. The molecular weight excluding hydrogens is 366 g/mol. The van der Waals surface area contributed by atoms with E-state index in [2.05, 4.69) is 15.3 Å². The van der Waals surface area contributed by atoms with E-state index in [1.807, 2.05) is 46.0 Å². The van der Waals surface area contributed by atoms with Crippen LogP contribution < -0.4 is 0 Å². The molecule has 1 aromatic carbocycles. The number of aromatic nitrogens is 4. The number of piperidine rings is 1. The molecule has 1 aliphatic carbocycles. The van der Waals surface area contributed by atoms with Gasteiger partial charge in [-0.3, -0.25) is 9.89 Å². The summed E-state index contributed by atoms with van der Waals surface area (Å²) in [5.41, 5.74) is 4.52. The van der Waals surface area contributed by atoms with E-state index in [-0.39, 0.29) is 18.4 Å². The Hall–Kier alpha value is -2.93. The standard InChI is InChI=1S/C22H25N5O2/c28-14-17-13-23-27(18-4-2-1-3-5-18)21(17)16-8-10-26(11-9-16)22(29)20-12-19(24-25-20)15-6-7-15/h1-5,12-13,15-16,28H,6-11,14H2,(H,24,25). The molecule has 2 N–H and O–H groups in total. The molecular formula is C22H25N5O2. The molecule has 3 aromatic rings. The molecule has 1 saturated heterocycles. The zero-order valence-electron chi connectivity index (χ0n) is 16.3. The predicted molar refractivity (Wildman–Crippen MR) is 108 cm³/mol. The van der Waals surface area contributed by atoms with E-state index in [9.17, 15) is 9.90 Å². The fraction of sp³-hybridized carbons (Fsp3) is 0.409. The maximum atomic E-state index is 12.8. The Bertz CT molecular complexity index is 997. The third-order valence-corrected chi connectivity index (χ3v) is 6.06. The number of rotatable bonds is 5. The molecule has 7 heteroatoms. The minimum Gasteiger partial charge on any atom is -0.392 e. The van der Waals surface area contributed by atoms with E-state index in [1.165, 1.54) is 12.8 Å². The molecule has 2 aromatic heterocycles. The van der Waals surface area contributed by atoms with E-state index in [0.29, 0.717) is 24.7 Å². The van der Waals surface area contributed by atoms with Gasteiger partial charge in [0, 0.05) is 36.2 Å². The lowest BCUT2D eigenvalue weighted by molar-refractivity contribution is 0.0705. The zero-order chi connectivity index (χ0) is 19.8. The lowest BCUT2D eigenvalue weighted by Crippen LogP contribution is -2.38. The van der Waals surface area contributed by atoms with Gasteiger partial charge in [-0.25, -0.2) is 4.68 Å². The van der Waals surface area contributed by atoms with Crippen molar-refractivity contribution in [2.75, 3.05) is 13.1 Å². The van der Waals surface area contributed by atoms with Gasteiger partial charge >= 0.3 is 0 Å². The molecule has 2 aliphatic rings. The van der Waals surface area contributed by atoms with Crippen LogP contribution in [-0.4, -0.2) is 49.0 Å². The van der Waals surface area contributed by atoms with Crippen LogP contribution in [0.15, 0.2) is 42.6 Å². The first-order chi connectivity index (χ1) is 14.2. The number of nitrogens with zero attached hydrogens (tertiary/aromatic N) is 4. The van der Waals surface area contributed by atoms with E-state index in [1.54, 1.807) is 6.20 Å². The number of nitrogens with one attached hydrogen (secondary N) is 1. The van der Waals surface area contributed by atoms with E-state index in [0.717, 1.165) is 35.5 Å². The lowest BCUT2D eigenvalue weighted by atomic mass is 9.91. The highest BCUT2D eigenvalue weighted by atomic mass is 16.3. The predicted octanol–water partition coefficient (Wildman–Crippen LogP) is 2.98. The molecule has 7 nitrogen and oxygen atoms in total. The van der Waals surface area contributed by atoms with Crippen molar-refractivity contribution >= 4 is 5.91 Å². The van der Waals surface area contributed by atoms with Gasteiger partial charge in [0.05, 0.1) is 24.2 Å². The van der Waals surface area contributed by atoms with Gasteiger partial charge in [-0.15, -0.1) is 0 Å². The van der Waals surface area contributed by atoms with E-state index in [4.69, 9.17) is 0 Å². The van der Waals surface area contributed by atoms with Gasteiger partial charge in [0.2, 0.25) is 0 Å². The Labute approximate surface area is 169 Å². The summed E-state index contributed by atoms with van der Waals surface area (Å²) in [5, 5.41) is 21.6. The van der Waals surface area contributed by atoms with Crippen molar-refractivity contribution in [2.24, 2.45) is 0 Å². The molecule has 29 heavy (non-hydrogen) atoms. The molecule has 1 aliphatic heterocycles. The van der Waals surface area contributed by atoms with Crippen molar-refractivity contribution in [1.29, 1.82) is 0 Å². The highest BCUT2D eigenvalue weighted by Crippen LogP contribution is 2.39. The Morgan fingerprint density at radius 1 is 1.10 bits per heavy atom. The molecule has 2 fully saturated rings. The molecule has 0 bridgehead atoms. The number of aliphatic hydroxyl groups excluding tert-OH is 1. The number of aromatic amines is 1. The molecule has 1 amide bonds. The third kappa shape index (κ3) is 3.46. The van der Waals surface area contributed by atoms with Gasteiger partial charge in [-0.1, -0.05) is 18.2 Å². The number of para-hydroxylation sites is 1. The molecule has 0 spiro atoms. The molecule has 5 rings (SSSR count). The fourth-order valence-corrected chi connectivity index (χ4v) is 4.29. The minimum atomic E-state index is -0.0292. The van der Waals surface area contributed by atoms with E-state index < -0.39 is 0 Å². The molecule has 0 unspecified atom stereocenters. The molecule has 3 heterocycles. The quantitative estimate of drug-likeness (QED) is 0.700. The lowest BCUT2D eigenvalue weighted by Gasteiger charge is -2.32. The van der Waals surface area contributed by atoms with E-state index >= 15 is 0 Å². The van der Waals surface area contributed by atoms with Gasteiger partial charge < -0.3 is 10.0 Å². The first kappa shape index (κ1) is 18.1. The normalized spacial score (nSPS) is 17.6. The van der Waals surface area contributed by atoms with Crippen molar-refractivity contribution in [1.82, 2.24) is 24.9 Å². The van der Waals surface area contributed by atoms with Crippen LogP contribution in [0.5, 0.6) is 0 Å². The summed E-state index contributed by atoms with van der Waals surface area (Å²) in [4.78, 5) is 14.7. The topological polar surface area (TPSA) is 87.0 Å². The average Bonchev–Trinajstić information content (AvgIpc) is 3.35. The van der Waals surface area contributed by atoms with Crippen LogP contribution >= 0.6 is 0 Å². The number of aliphatic hydroxyl groups is 1. The SMILES string of the molecule is O=C(c1cc(C2CC2)[nH]n1)N1CCC(c2c(CO)cnn2-c2ccccc2)CC1. The molecule has 150 valence electrons. The summed E-state index contributed by atoms with van der Waals surface area (Å²) in [6.45, 7) is 1.33. The van der Waals surface area contributed by atoms with Crippen molar-refractivity contribution in [3.63, 3.8) is 0 Å². The smallest absolute Gasteiger partial charge is 0.274 e. The number of carbonyl (C=O) groups is 1. The summed E-state index contributed by atoms with van der Waals surface area (Å²) < 4.78 is 1.93. The average molecular weight is 391 g/mol. The largest absolute Gasteiger partial charge is 0.392 e. The highest BCUT2D eigenvalue weighted by Gasteiger charge is 2.31. The number of hydrogen-bond donors (Lipinski definition) is 2. The fourth-order valence-electron chi connectivity index (χ4n) is 4.29. The number of hydrogen-bond acceptors (Lipinski definition) is 4. The Morgan fingerprint density at radius 3 is 2.55 bits per heavy atom. The number of carbonyl (C=O) groups excluding carboxylic acids is 1. The first-order valence-corrected chi connectivity index (χ1v) is 10.3. The van der Waals surface area contributed by atoms with Gasteiger partial charge in [0.25, 0.3) is 5.91 Å². The van der Waals surface area contributed by atoms with Crippen LogP contribution in [-0.2, 0) is 6.61 Å². The second-order valence-corrected chi connectivity index (χ2v) is 8.01. The number of benzene rings is 1. The van der Waals surface area contributed by atoms with Crippen LogP contribution in [0.2, 0.25) is 0 Å². The van der Waals surface area contributed by atoms with Crippen LogP contribution in [0.3, 0.4) is 0 Å². The van der Waals surface area contributed by atoms with Crippen molar-refractivity contribution in [2.45, 2.75) is 44.1 Å². The third-order valence-electron chi connectivity index (χ3n) is 6.06. The van der Waals surface area contributed by atoms with Crippen molar-refractivity contribution in [3.05, 3.63) is 65.2 Å². The Kier molecular flexibility index (Phi) is 4.67. The minimum absolute atomic E-state index is 0.00514. The molecule has 0 radical (unpaired) electrons. The highest BCUT2D eigenvalue weighted by molar-refractivity contribution is 5.92. The van der Waals surface area contributed by atoms with Crippen molar-refractivity contribution in [3.8, 4) is 5.69 Å². The summed E-state index contributed by atoms with van der Waals surface area (Å²) in [6, 6.07) is 11.9. The van der Waals surface area contributed by atoms with Crippen LogP contribution in [0, 0.1) is 0 Å². The summed E-state index contributed by atoms with van der Waals surface area (Å²) in [5.74, 6) is 0.820. The monoisotopic (exact) mass is 391 g/mol. The van der Waals surface area contributed by atoms with Gasteiger partial charge in [-0.05, 0) is 43.9 Å². The molecule has 1 saturated carbocycles. The van der Waals surface area contributed by atoms with Crippen LogP contribution in [0.25, 0.3) is 5.69 Å². The first-order valence-electron chi connectivity index (χ1n) is 10.3. The second-order valence-electron chi connectivity index (χ2n) is 8.01. The number of H-pyrrole nitrogens is 1. The summed E-state index contributed by atoms with van der Waals surface area (Å²) >= 11 is 0. The maximum Gasteiger partial charge on any atom is 0.274 e. The number of likely N-dealkylation sites (tertiary alicyclic amines) is 1. The molecule has 0 atom stereocenters. The van der Waals surface area contributed by atoms with Crippen LogP contribution in [0.4, 0.5) is 0 Å². The van der Waals surface area contributed by atoms with Crippen LogP contribution in [0.1, 0.15) is 65.0 Å². The maximum absolute atomic E-state index is 12.8. The summed E-state index contributed by atoms with van der Waals surface area (Å²) in [6.07, 6.45) is 5.81. The number of amides is 1. The zero-order valence-corrected chi connectivity index (χ0v) is 16.3. The van der Waals surface area contributed by atoms with Crippen molar-refractivity contribution < 1.29 is 9.90 Å². The second kappa shape index (κ2) is 7.48. The Balaban J connectivity index is 1.31. The van der Waals surface area contributed by atoms with Gasteiger partial charge in [0.1, 0.15) is 5.69 Å². The Morgan fingerprint density at radius 2 is 1.86 bits per heavy atom.